The average Bonchev–Trinajstić information content (AvgIpc) is 4.02. The van der Waals surface area contributed by atoms with E-state index >= 15 is 0 Å². The summed E-state index contributed by atoms with van der Waals surface area (Å²) in [5.41, 5.74) is 2.75. The van der Waals surface area contributed by atoms with Gasteiger partial charge in [0.05, 0.1) is 38.6 Å². The Bertz CT molecular complexity index is 1940. The molecule has 3 aliphatic heterocycles. The van der Waals surface area contributed by atoms with Crippen molar-refractivity contribution in [1.82, 2.24) is 4.90 Å². The van der Waals surface area contributed by atoms with Crippen LogP contribution >= 0.6 is 23.2 Å². The van der Waals surface area contributed by atoms with Gasteiger partial charge in [0, 0.05) is 18.5 Å². The fourth-order valence-corrected chi connectivity index (χ4v) is 7.70. The van der Waals surface area contributed by atoms with Crippen molar-refractivity contribution in [2.24, 2.45) is 11.8 Å². The number of esters is 1. The van der Waals surface area contributed by atoms with Crippen LogP contribution in [0.15, 0.2) is 79.1 Å². The summed E-state index contributed by atoms with van der Waals surface area (Å²) >= 11 is 12.9. The standard InChI is InChI=1S/C41H43Cl2N3O8/c1-50-36-14-13-30(19-38(36)51-2)37(20-31-32(42)22-45(49)23-33(31)43)53-40(47)29-11-9-26(10-12-29)21-46(34-5-3-4-6-35(34)52-25-27-7-8-27)41(48)54-39-24-44-17-15-28(39)16-18-44/h3-6,9-14,19,22-23,27-28,37,39H,7-8,15-18,20-21,24-25H2,1-2H3/t37-,39-/m0/s1. The summed E-state index contributed by atoms with van der Waals surface area (Å²) in [6.07, 6.45) is 5.35. The molecule has 1 aromatic heterocycles. The van der Waals surface area contributed by atoms with Gasteiger partial charge in [-0.1, -0.05) is 53.5 Å². The van der Waals surface area contributed by atoms with Crippen LogP contribution in [0, 0.1) is 17.0 Å². The molecule has 4 heterocycles. The summed E-state index contributed by atoms with van der Waals surface area (Å²) in [6, 6.07) is 19.7. The lowest BCUT2D eigenvalue weighted by Crippen LogP contribution is -2.53. The van der Waals surface area contributed by atoms with Crippen LogP contribution in [-0.2, 0) is 22.4 Å². The normalized spacial score (nSPS) is 19.4. The lowest BCUT2D eigenvalue weighted by Gasteiger charge is -2.44. The van der Waals surface area contributed by atoms with Crippen molar-refractivity contribution in [2.75, 3.05) is 45.4 Å². The van der Waals surface area contributed by atoms with Crippen LogP contribution in [0.2, 0.25) is 10.0 Å². The third-order valence-electron chi connectivity index (χ3n) is 10.4. The molecular formula is C41H43Cl2N3O8. The van der Waals surface area contributed by atoms with Gasteiger partial charge in [-0.15, -0.1) is 0 Å². The van der Waals surface area contributed by atoms with Gasteiger partial charge in [-0.3, -0.25) is 9.80 Å². The first kappa shape index (κ1) is 37.6. The molecule has 13 heteroatoms. The molecule has 0 N–H and O–H groups in total. The number of methoxy groups -OCH3 is 2. The number of carbonyl (C=O) groups is 2. The third kappa shape index (κ3) is 8.80. The van der Waals surface area contributed by atoms with Crippen molar-refractivity contribution in [3.63, 3.8) is 0 Å². The second-order valence-electron chi connectivity index (χ2n) is 14.1. The van der Waals surface area contributed by atoms with Crippen molar-refractivity contribution in [3.8, 4) is 17.2 Å². The van der Waals surface area contributed by atoms with E-state index in [0.29, 0.717) is 62.8 Å². The molecule has 1 saturated carbocycles. The number of anilines is 1. The molecule has 3 aromatic carbocycles. The first-order valence-corrected chi connectivity index (χ1v) is 19.0. The number of nitrogens with zero attached hydrogens (tertiary/aromatic N) is 3. The molecule has 0 radical (unpaired) electrons. The van der Waals surface area contributed by atoms with Crippen LogP contribution in [0.5, 0.6) is 17.2 Å². The molecule has 2 atom stereocenters. The van der Waals surface area contributed by atoms with E-state index in [1.54, 1.807) is 47.4 Å². The number of carbonyl (C=O) groups excluding carboxylic acids is 2. The second-order valence-corrected chi connectivity index (χ2v) is 14.9. The van der Waals surface area contributed by atoms with Crippen LogP contribution in [0.1, 0.15) is 58.8 Å². The Morgan fingerprint density at radius 2 is 1.61 bits per heavy atom. The number of piperidine rings is 3. The SMILES string of the molecule is COc1ccc([C@H](Cc2c(Cl)c[n+]([O-])cc2Cl)OC(=O)c2ccc(CN(C(=O)O[C@H]3CN4CCC3CC4)c3ccccc3OCC3CC3)cc2)cc1OC. The van der Waals surface area contributed by atoms with Crippen LogP contribution in [0.3, 0.4) is 0 Å². The minimum absolute atomic E-state index is 0.0801. The predicted molar refractivity (Wildman–Crippen MR) is 204 cm³/mol. The number of ether oxygens (including phenoxy) is 5. The Morgan fingerprint density at radius 3 is 2.26 bits per heavy atom. The minimum Gasteiger partial charge on any atom is -0.619 e. The largest absolute Gasteiger partial charge is 0.619 e. The number of benzene rings is 3. The highest BCUT2D eigenvalue weighted by atomic mass is 35.5. The highest BCUT2D eigenvalue weighted by molar-refractivity contribution is 6.35. The van der Waals surface area contributed by atoms with Gasteiger partial charge in [0.1, 0.15) is 28.0 Å². The number of aromatic nitrogens is 1. The summed E-state index contributed by atoms with van der Waals surface area (Å²) in [5.74, 6) is 1.87. The van der Waals surface area contributed by atoms with Gasteiger partial charge in [-0.05, 0) is 98.1 Å². The minimum atomic E-state index is -0.863. The quantitative estimate of drug-likeness (QED) is 0.0719. The zero-order chi connectivity index (χ0) is 37.8. The zero-order valence-electron chi connectivity index (χ0n) is 30.2. The van der Waals surface area contributed by atoms with E-state index in [1.165, 1.54) is 26.6 Å². The molecule has 0 spiro atoms. The van der Waals surface area contributed by atoms with Crippen molar-refractivity contribution < 1.29 is 38.0 Å². The summed E-state index contributed by atoms with van der Waals surface area (Å²) in [6.45, 7) is 3.62. The summed E-state index contributed by atoms with van der Waals surface area (Å²) in [4.78, 5) is 31.7. The highest BCUT2D eigenvalue weighted by Gasteiger charge is 2.38. The van der Waals surface area contributed by atoms with Crippen molar-refractivity contribution in [2.45, 2.75) is 50.9 Å². The fraction of sp³-hybridized carbons (Fsp3) is 0.390. The maximum atomic E-state index is 14.0. The molecule has 8 rings (SSSR count). The van der Waals surface area contributed by atoms with Crippen LogP contribution < -0.4 is 23.8 Å². The molecule has 11 nitrogen and oxygen atoms in total. The molecule has 1 aliphatic carbocycles. The van der Waals surface area contributed by atoms with Gasteiger partial charge in [0.25, 0.3) is 0 Å². The molecule has 3 saturated heterocycles. The van der Waals surface area contributed by atoms with Gasteiger partial charge in [0.15, 0.2) is 23.9 Å². The van der Waals surface area contributed by atoms with E-state index in [-0.39, 0.29) is 29.1 Å². The smallest absolute Gasteiger partial charge is 0.415 e. The molecule has 4 fully saturated rings. The summed E-state index contributed by atoms with van der Waals surface area (Å²) in [5, 5.41) is 12.2. The summed E-state index contributed by atoms with van der Waals surface area (Å²) in [7, 11) is 3.04. The number of amides is 1. The fourth-order valence-electron chi connectivity index (χ4n) is 7.10. The van der Waals surface area contributed by atoms with Crippen LogP contribution in [0.25, 0.3) is 0 Å². The number of pyridine rings is 1. The number of hydrogen-bond donors (Lipinski definition) is 0. The second kappa shape index (κ2) is 16.8. The molecule has 284 valence electrons. The Morgan fingerprint density at radius 1 is 0.907 bits per heavy atom. The molecule has 54 heavy (non-hydrogen) atoms. The Kier molecular flexibility index (Phi) is 11.7. The maximum Gasteiger partial charge on any atom is 0.415 e. The van der Waals surface area contributed by atoms with E-state index < -0.39 is 18.2 Å². The third-order valence-corrected chi connectivity index (χ3v) is 11.1. The molecule has 4 aliphatic rings. The first-order valence-electron chi connectivity index (χ1n) is 18.2. The maximum absolute atomic E-state index is 14.0. The first-order chi connectivity index (χ1) is 26.2. The molecule has 4 aromatic rings. The Labute approximate surface area is 324 Å². The molecular weight excluding hydrogens is 733 g/mol. The highest BCUT2D eigenvalue weighted by Crippen LogP contribution is 2.37. The molecule has 0 unspecified atom stereocenters. The van der Waals surface area contributed by atoms with E-state index in [1.807, 2.05) is 24.3 Å². The van der Waals surface area contributed by atoms with Gasteiger partial charge in [0.2, 0.25) is 0 Å². The molecule has 2 bridgehead atoms. The van der Waals surface area contributed by atoms with Gasteiger partial charge < -0.3 is 28.9 Å². The van der Waals surface area contributed by atoms with Gasteiger partial charge >= 0.3 is 12.1 Å². The van der Waals surface area contributed by atoms with Crippen molar-refractivity contribution in [1.29, 1.82) is 0 Å². The van der Waals surface area contributed by atoms with E-state index in [9.17, 15) is 14.8 Å². The van der Waals surface area contributed by atoms with E-state index in [2.05, 4.69) is 4.90 Å². The predicted octanol–water partition coefficient (Wildman–Crippen LogP) is 7.81. The van der Waals surface area contributed by atoms with Crippen LogP contribution in [0.4, 0.5) is 10.5 Å². The topological polar surface area (TPSA) is 114 Å². The average molecular weight is 777 g/mol. The number of rotatable bonds is 14. The van der Waals surface area contributed by atoms with Crippen molar-refractivity contribution in [3.05, 3.63) is 117 Å². The lowest BCUT2D eigenvalue weighted by molar-refractivity contribution is -0.605. The van der Waals surface area contributed by atoms with Gasteiger partial charge in [-0.25, -0.2) is 9.59 Å². The van der Waals surface area contributed by atoms with Crippen molar-refractivity contribution >= 4 is 41.0 Å². The lowest BCUT2D eigenvalue weighted by atomic mass is 9.86. The number of halogens is 2. The summed E-state index contributed by atoms with van der Waals surface area (Å²) < 4.78 is 30.0. The zero-order valence-corrected chi connectivity index (χ0v) is 31.8. The van der Waals surface area contributed by atoms with Crippen LogP contribution in [-0.4, -0.2) is 63.5 Å². The van der Waals surface area contributed by atoms with E-state index in [0.717, 1.165) is 50.9 Å². The monoisotopic (exact) mass is 775 g/mol. The Balaban J connectivity index is 1.12. The number of fused-ring (bicyclic) bond motifs is 3. The molecule has 1 amide bonds. The van der Waals surface area contributed by atoms with E-state index in [4.69, 9.17) is 46.9 Å². The number of hydrogen-bond acceptors (Lipinski definition) is 9. The Hall–Kier alpha value is -4.71. The number of para-hydroxylation sites is 2. The van der Waals surface area contributed by atoms with Gasteiger partial charge in [-0.2, -0.15) is 4.73 Å².